The topological polar surface area (TPSA) is 84.0 Å². The second kappa shape index (κ2) is 64.4. The third kappa shape index (κ3) is 55.5. The van der Waals surface area contributed by atoms with E-state index in [0.29, 0.717) is 25.7 Å². The lowest BCUT2D eigenvalue weighted by atomic mass is 10.1. The molecule has 0 spiro atoms. The summed E-state index contributed by atoms with van der Waals surface area (Å²) in [4.78, 5) is 62.0. The van der Waals surface area contributed by atoms with Gasteiger partial charge in [-0.1, -0.05) is 282 Å². The number of hydrogen-bond acceptors (Lipinski definition) is 5. The largest absolute Gasteiger partial charge is 0.272 e. The molecule has 0 saturated carbocycles. The summed E-state index contributed by atoms with van der Waals surface area (Å²) in [6.07, 6.45) is 79.4. The third-order valence-electron chi connectivity index (χ3n) is 15.7. The Hall–Kier alpha value is -2.80. The van der Waals surface area contributed by atoms with Gasteiger partial charge in [-0.15, -0.1) is 15.1 Å². The number of allylic oxidation sites excluding steroid dienone is 8. The Morgan fingerprint density at radius 3 is 0.519 bits per heavy atom. The van der Waals surface area contributed by atoms with Crippen LogP contribution in [0.4, 0.5) is 0 Å². The van der Waals surface area contributed by atoms with Gasteiger partial charge in [-0.3, -0.25) is 19.2 Å². The second-order valence-electron chi connectivity index (χ2n) is 23.6. The highest BCUT2D eigenvalue weighted by Crippen LogP contribution is 2.19. The first-order valence-electron chi connectivity index (χ1n) is 34.9. The van der Waals surface area contributed by atoms with Crippen LogP contribution in [0.15, 0.2) is 48.6 Å². The molecule has 7 heteroatoms. The standard InChI is InChI=1S/C72H132N2O5/c1-5-9-13-17-21-25-29-33-37-41-45-49-53-57-61-65-69(75)73(70(76)66-62-58-54-50-46-42-38-34-30-26-22-18-14-10-6-2)79-74(71(77)67-63-59-55-51-47-43-39-35-31-27-23-19-15-11-7-3)72(78)68-64-60-56-52-48-44-40-36-32-28-24-20-16-12-8-4/h33-40H,5-32,41-68H2,1-4H3. The van der Waals surface area contributed by atoms with Gasteiger partial charge in [-0.2, -0.15) is 0 Å². The molecule has 0 bridgehead atoms. The first-order chi connectivity index (χ1) is 38.9. The van der Waals surface area contributed by atoms with Crippen molar-refractivity contribution in [2.24, 2.45) is 0 Å². The van der Waals surface area contributed by atoms with Crippen LogP contribution in [0, 0.1) is 0 Å². The van der Waals surface area contributed by atoms with Gasteiger partial charge in [0.15, 0.2) is 0 Å². The predicted octanol–water partition coefficient (Wildman–Crippen LogP) is 23.7. The van der Waals surface area contributed by atoms with Crippen molar-refractivity contribution in [2.75, 3.05) is 0 Å². The van der Waals surface area contributed by atoms with Crippen molar-refractivity contribution in [2.45, 2.75) is 387 Å². The zero-order valence-corrected chi connectivity index (χ0v) is 53.2. The molecule has 0 N–H and O–H groups in total. The van der Waals surface area contributed by atoms with Gasteiger partial charge in [0.05, 0.1) is 0 Å². The zero-order chi connectivity index (χ0) is 57.4. The Morgan fingerprint density at radius 1 is 0.215 bits per heavy atom. The number of rotatable bonds is 62. The van der Waals surface area contributed by atoms with Gasteiger partial charge in [0.1, 0.15) is 0 Å². The maximum absolute atomic E-state index is 14.0. The normalized spacial score (nSPS) is 11.9. The summed E-state index contributed by atoms with van der Waals surface area (Å²) < 4.78 is 0. The van der Waals surface area contributed by atoms with E-state index in [0.717, 1.165) is 139 Å². The van der Waals surface area contributed by atoms with Gasteiger partial charge in [0, 0.05) is 25.7 Å². The van der Waals surface area contributed by atoms with Crippen LogP contribution >= 0.6 is 0 Å². The number of unbranched alkanes of at least 4 members (excludes halogenated alkanes) is 44. The Kier molecular flexibility index (Phi) is 62.1. The quantitative estimate of drug-likeness (QED) is 0.0344. The molecule has 0 atom stereocenters. The Bertz CT molecular complexity index is 1240. The van der Waals surface area contributed by atoms with Crippen molar-refractivity contribution in [3.05, 3.63) is 48.6 Å². The lowest BCUT2D eigenvalue weighted by Crippen LogP contribution is -2.47. The fraction of sp³-hybridized carbons (Fsp3) is 0.833. The number of carbonyl (C=O) groups excluding carboxylic acids is 4. The Labute approximate surface area is 491 Å². The van der Waals surface area contributed by atoms with Gasteiger partial charge in [0.25, 0.3) is 23.6 Å². The molecule has 0 aromatic rings. The molecule has 7 nitrogen and oxygen atoms in total. The molecule has 4 amide bonds. The van der Waals surface area contributed by atoms with Gasteiger partial charge in [-0.25, -0.2) is 0 Å². The SMILES string of the molecule is CCCCCCCCC=CCCCCCCCC(=O)N(ON(C(=O)CCCCCCCC=CCCCCCCCC)C(=O)CCCCCCCC=CCCCCCCCC)C(=O)CCCCCCCC=CCCCCCCCC. The molecular weight excluding hydrogens is 973 g/mol. The Morgan fingerprint density at radius 2 is 0.354 bits per heavy atom. The number of nitrogens with zero attached hydrogens (tertiary/aromatic N) is 2. The molecule has 0 aromatic carbocycles. The van der Waals surface area contributed by atoms with Crippen molar-refractivity contribution in [1.29, 1.82) is 0 Å². The minimum absolute atomic E-state index is 0.148. The van der Waals surface area contributed by atoms with Crippen LogP contribution < -0.4 is 0 Å². The minimum atomic E-state index is -0.456. The average Bonchev–Trinajstić information content (AvgIpc) is 3.45. The summed E-state index contributed by atoms with van der Waals surface area (Å²) in [5.74, 6) is -1.82. The molecule has 0 heterocycles. The van der Waals surface area contributed by atoms with Crippen LogP contribution in [0.5, 0.6) is 0 Å². The fourth-order valence-corrected chi connectivity index (χ4v) is 10.3. The second-order valence-corrected chi connectivity index (χ2v) is 23.6. The lowest BCUT2D eigenvalue weighted by Gasteiger charge is -2.26. The number of carbonyl (C=O) groups is 4. The number of hydrogen-bond donors (Lipinski definition) is 0. The van der Waals surface area contributed by atoms with Gasteiger partial charge in [0.2, 0.25) is 0 Å². The molecule has 79 heavy (non-hydrogen) atoms. The van der Waals surface area contributed by atoms with E-state index < -0.39 is 23.6 Å². The average molecular weight is 1110 g/mol. The molecular formula is C72H132N2O5. The predicted molar refractivity (Wildman–Crippen MR) is 343 cm³/mol. The highest BCUT2D eigenvalue weighted by molar-refractivity contribution is 5.96. The van der Waals surface area contributed by atoms with Gasteiger partial charge < -0.3 is 0 Å². The fourth-order valence-electron chi connectivity index (χ4n) is 10.3. The number of hydroxylamine groups is 4. The van der Waals surface area contributed by atoms with Gasteiger partial charge >= 0.3 is 0 Å². The van der Waals surface area contributed by atoms with Crippen LogP contribution in [0.1, 0.15) is 387 Å². The van der Waals surface area contributed by atoms with Crippen LogP contribution in [0.25, 0.3) is 0 Å². The minimum Gasteiger partial charge on any atom is -0.272 e. The number of imide groups is 2. The highest BCUT2D eigenvalue weighted by Gasteiger charge is 2.31. The van der Waals surface area contributed by atoms with E-state index in [9.17, 15) is 19.2 Å². The molecule has 0 unspecified atom stereocenters. The molecule has 0 aliphatic carbocycles. The number of amides is 4. The van der Waals surface area contributed by atoms with Crippen molar-refractivity contribution in [1.82, 2.24) is 10.1 Å². The van der Waals surface area contributed by atoms with Crippen LogP contribution in [0.3, 0.4) is 0 Å². The summed E-state index contributed by atoms with van der Waals surface area (Å²) in [5.41, 5.74) is 0. The third-order valence-corrected chi connectivity index (χ3v) is 15.7. The van der Waals surface area contributed by atoms with Crippen molar-refractivity contribution in [3.63, 3.8) is 0 Å². The highest BCUT2D eigenvalue weighted by atomic mass is 16.9. The van der Waals surface area contributed by atoms with Gasteiger partial charge in [-0.05, 0) is 128 Å². The molecule has 0 aromatic heterocycles. The van der Waals surface area contributed by atoms with E-state index in [1.165, 1.54) is 180 Å². The van der Waals surface area contributed by atoms with E-state index in [-0.39, 0.29) is 25.7 Å². The van der Waals surface area contributed by atoms with E-state index in [4.69, 9.17) is 4.94 Å². The summed E-state index contributed by atoms with van der Waals surface area (Å²) in [7, 11) is 0. The first-order valence-corrected chi connectivity index (χ1v) is 34.9. The maximum atomic E-state index is 14.0. The molecule has 0 aliphatic heterocycles. The van der Waals surface area contributed by atoms with Crippen molar-refractivity contribution >= 4 is 23.6 Å². The van der Waals surface area contributed by atoms with Crippen LogP contribution in [0.2, 0.25) is 0 Å². The van der Waals surface area contributed by atoms with Crippen LogP contribution in [-0.2, 0) is 24.1 Å². The summed E-state index contributed by atoms with van der Waals surface area (Å²) >= 11 is 0. The molecule has 460 valence electrons. The zero-order valence-electron chi connectivity index (χ0n) is 53.2. The van der Waals surface area contributed by atoms with Crippen molar-refractivity contribution in [3.8, 4) is 0 Å². The monoisotopic (exact) mass is 1110 g/mol. The molecule has 0 fully saturated rings. The molecule has 0 rings (SSSR count). The van der Waals surface area contributed by atoms with E-state index >= 15 is 0 Å². The van der Waals surface area contributed by atoms with E-state index in [1.807, 2.05) is 0 Å². The maximum Gasteiger partial charge on any atom is 0.255 e. The summed E-state index contributed by atoms with van der Waals surface area (Å²) in [6, 6.07) is 0. The summed E-state index contributed by atoms with van der Waals surface area (Å²) in [6.45, 7) is 9.06. The van der Waals surface area contributed by atoms with Crippen LogP contribution in [-0.4, -0.2) is 33.8 Å². The van der Waals surface area contributed by atoms with E-state index in [2.05, 4.69) is 76.3 Å². The Balaban J connectivity index is 5.49. The molecule has 0 radical (unpaired) electrons. The van der Waals surface area contributed by atoms with Crippen molar-refractivity contribution < 1.29 is 24.1 Å². The molecule has 0 saturated heterocycles. The molecule has 0 aliphatic rings. The smallest absolute Gasteiger partial charge is 0.255 e. The first kappa shape index (κ1) is 76.2. The lowest BCUT2D eigenvalue weighted by molar-refractivity contribution is -0.277. The summed E-state index contributed by atoms with van der Waals surface area (Å²) in [5, 5.41) is 1.61. The van der Waals surface area contributed by atoms with E-state index in [1.54, 1.807) is 0 Å².